The molecular weight excluding hydrogens is 316 g/mol. The van der Waals surface area contributed by atoms with Crippen LogP contribution in [0.3, 0.4) is 0 Å². The van der Waals surface area contributed by atoms with E-state index in [1.807, 2.05) is 59.4 Å². The normalized spacial score (nSPS) is 11.6. The van der Waals surface area contributed by atoms with Crippen LogP contribution in [0.25, 0.3) is 0 Å². The summed E-state index contributed by atoms with van der Waals surface area (Å²) in [6.07, 6.45) is 3.72. The Morgan fingerprint density at radius 2 is 1.56 bits per heavy atom. The maximum atomic E-state index is 12.9. The van der Waals surface area contributed by atoms with Crippen LogP contribution in [0.2, 0.25) is 0 Å². The summed E-state index contributed by atoms with van der Waals surface area (Å²) < 4.78 is 6.53. The molecular formula is C20H18N2O3. The molecule has 0 spiro atoms. The minimum Gasteiger partial charge on any atom is -0.465 e. The van der Waals surface area contributed by atoms with Gasteiger partial charge in [0.2, 0.25) is 0 Å². The smallest absolute Gasteiger partial charge is 0.337 e. The zero-order valence-corrected chi connectivity index (χ0v) is 13.8. The quantitative estimate of drug-likeness (QED) is 0.727. The fraction of sp³-hybridized carbons (Fsp3) is 0.100. The van der Waals surface area contributed by atoms with E-state index in [4.69, 9.17) is 0 Å². The molecule has 0 aliphatic carbocycles. The highest BCUT2D eigenvalue weighted by molar-refractivity contribution is 5.96. The number of nitrogens with one attached hydrogen (secondary N) is 1. The first kappa shape index (κ1) is 16.5. The molecule has 1 aromatic heterocycles. The van der Waals surface area contributed by atoms with E-state index in [-0.39, 0.29) is 5.91 Å². The second-order valence-corrected chi connectivity index (χ2v) is 5.50. The number of ether oxygens (including phenoxy) is 1. The predicted octanol–water partition coefficient (Wildman–Crippen LogP) is 3.50. The summed E-state index contributed by atoms with van der Waals surface area (Å²) in [6.45, 7) is 0. The number of anilines is 1. The third kappa shape index (κ3) is 3.77. The molecule has 126 valence electrons. The van der Waals surface area contributed by atoms with E-state index in [0.29, 0.717) is 11.3 Å². The second-order valence-electron chi connectivity index (χ2n) is 5.50. The van der Waals surface area contributed by atoms with Crippen LogP contribution < -0.4 is 5.32 Å². The molecule has 3 rings (SSSR count). The van der Waals surface area contributed by atoms with E-state index >= 15 is 0 Å². The Morgan fingerprint density at radius 3 is 2.16 bits per heavy atom. The topological polar surface area (TPSA) is 60.3 Å². The number of nitrogens with zero attached hydrogens (tertiary/aromatic N) is 1. The van der Waals surface area contributed by atoms with Gasteiger partial charge < -0.3 is 14.6 Å². The van der Waals surface area contributed by atoms with Crippen molar-refractivity contribution in [2.45, 2.75) is 6.04 Å². The van der Waals surface area contributed by atoms with Crippen molar-refractivity contribution in [3.8, 4) is 0 Å². The zero-order chi connectivity index (χ0) is 17.6. The van der Waals surface area contributed by atoms with Gasteiger partial charge in [-0.05, 0) is 42.0 Å². The Hall–Kier alpha value is -3.34. The molecule has 5 nitrogen and oxygen atoms in total. The lowest BCUT2D eigenvalue weighted by atomic mass is 10.1. The summed E-state index contributed by atoms with van der Waals surface area (Å²) in [4.78, 5) is 24.3. The lowest BCUT2D eigenvalue weighted by Gasteiger charge is -2.19. The van der Waals surface area contributed by atoms with Crippen LogP contribution in [0.15, 0.2) is 79.1 Å². The van der Waals surface area contributed by atoms with Gasteiger partial charge in [-0.15, -0.1) is 0 Å². The Kier molecular flexibility index (Phi) is 4.95. The van der Waals surface area contributed by atoms with Crippen molar-refractivity contribution in [2.24, 2.45) is 0 Å². The second kappa shape index (κ2) is 7.49. The zero-order valence-electron chi connectivity index (χ0n) is 13.8. The number of methoxy groups -OCH3 is 1. The third-order valence-corrected chi connectivity index (χ3v) is 3.86. The minimum absolute atomic E-state index is 0.159. The maximum Gasteiger partial charge on any atom is 0.337 e. The molecule has 0 radical (unpaired) electrons. The summed E-state index contributed by atoms with van der Waals surface area (Å²) in [5.41, 5.74) is 1.94. The molecule has 5 heteroatoms. The molecule has 1 unspecified atom stereocenters. The Bertz CT molecular complexity index is 840. The third-order valence-electron chi connectivity index (χ3n) is 3.86. The molecule has 25 heavy (non-hydrogen) atoms. The van der Waals surface area contributed by atoms with Crippen LogP contribution in [-0.2, 0) is 9.53 Å². The van der Waals surface area contributed by atoms with Crippen LogP contribution in [0.5, 0.6) is 0 Å². The molecule has 1 N–H and O–H groups in total. The van der Waals surface area contributed by atoms with E-state index in [2.05, 4.69) is 10.1 Å². The fourth-order valence-corrected chi connectivity index (χ4v) is 2.63. The van der Waals surface area contributed by atoms with Crippen molar-refractivity contribution >= 4 is 17.6 Å². The van der Waals surface area contributed by atoms with Crippen molar-refractivity contribution in [1.29, 1.82) is 0 Å². The lowest BCUT2D eigenvalue weighted by Crippen LogP contribution is -2.26. The summed E-state index contributed by atoms with van der Waals surface area (Å²) >= 11 is 0. The standard InChI is InChI=1S/C20H18N2O3/c1-25-20(24)16-9-11-17(12-10-16)21-19(23)18(22-13-5-6-14-22)15-7-3-2-4-8-15/h2-14,18H,1H3,(H,21,23). The van der Waals surface area contributed by atoms with Crippen LogP contribution in [0.1, 0.15) is 22.0 Å². The molecule has 0 fully saturated rings. The highest BCUT2D eigenvalue weighted by Gasteiger charge is 2.21. The summed E-state index contributed by atoms with van der Waals surface area (Å²) in [5, 5.41) is 2.90. The Balaban J connectivity index is 1.83. The number of hydrogen-bond donors (Lipinski definition) is 1. The molecule has 2 aromatic carbocycles. The number of hydrogen-bond acceptors (Lipinski definition) is 3. The number of rotatable bonds is 5. The SMILES string of the molecule is COC(=O)c1ccc(NC(=O)C(c2ccccc2)n2cccc2)cc1. The molecule has 0 aliphatic rings. The van der Waals surface area contributed by atoms with Crippen LogP contribution >= 0.6 is 0 Å². The molecule has 0 bridgehead atoms. The van der Waals surface area contributed by atoms with Crippen LogP contribution in [0.4, 0.5) is 5.69 Å². The highest BCUT2D eigenvalue weighted by Crippen LogP contribution is 2.21. The van der Waals surface area contributed by atoms with E-state index in [1.54, 1.807) is 24.3 Å². The van der Waals surface area contributed by atoms with Crippen molar-refractivity contribution in [3.63, 3.8) is 0 Å². The molecule has 0 saturated carbocycles. The molecule has 0 aliphatic heterocycles. The molecule has 0 saturated heterocycles. The number of aromatic nitrogens is 1. The number of carbonyl (C=O) groups excluding carboxylic acids is 2. The summed E-state index contributed by atoms with van der Waals surface area (Å²) in [5.74, 6) is -0.569. The molecule has 1 heterocycles. The molecule has 3 aromatic rings. The number of amides is 1. The average Bonchev–Trinajstić information content (AvgIpc) is 3.17. The predicted molar refractivity (Wildman–Crippen MR) is 95.4 cm³/mol. The van der Waals surface area contributed by atoms with Gasteiger partial charge in [0.25, 0.3) is 5.91 Å². The molecule has 1 amide bonds. The largest absolute Gasteiger partial charge is 0.465 e. The van der Waals surface area contributed by atoms with Gasteiger partial charge in [-0.1, -0.05) is 30.3 Å². The number of carbonyl (C=O) groups is 2. The average molecular weight is 334 g/mol. The van der Waals surface area contributed by atoms with Gasteiger partial charge in [-0.3, -0.25) is 4.79 Å². The van der Waals surface area contributed by atoms with Crippen LogP contribution in [0, 0.1) is 0 Å². The fourth-order valence-electron chi connectivity index (χ4n) is 2.63. The highest BCUT2D eigenvalue weighted by atomic mass is 16.5. The van der Waals surface area contributed by atoms with E-state index in [1.165, 1.54) is 7.11 Å². The van der Waals surface area contributed by atoms with Crippen molar-refractivity contribution in [2.75, 3.05) is 12.4 Å². The Morgan fingerprint density at radius 1 is 0.920 bits per heavy atom. The van der Waals surface area contributed by atoms with Gasteiger partial charge in [0.15, 0.2) is 0 Å². The lowest BCUT2D eigenvalue weighted by molar-refractivity contribution is -0.118. The van der Waals surface area contributed by atoms with E-state index in [0.717, 1.165) is 5.56 Å². The van der Waals surface area contributed by atoms with Crippen LogP contribution in [-0.4, -0.2) is 23.6 Å². The first-order chi connectivity index (χ1) is 12.2. The Labute approximate surface area is 145 Å². The van der Waals surface area contributed by atoms with Crippen molar-refractivity contribution in [3.05, 3.63) is 90.3 Å². The van der Waals surface area contributed by atoms with Crippen molar-refractivity contribution < 1.29 is 14.3 Å². The van der Waals surface area contributed by atoms with Crippen molar-refractivity contribution in [1.82, 2.24) is 4.57 Å². The van der Waals surface area contributed by atoms with Gasteiger partial charge in [0, 0.05) is 18.1 Å². The first-order valence-corrected chi connectivity index (χ1v) is 7.85. The maximum absolute atomic E-state index is 12.9. The first-order valence-electron chi connectivity index (χ1n) is 7.85. The summed E-state index contributed by atoms with van der Waals surface area (Å²) in [7, 11) is 1.33. The van der Waals surface area contributed by atoms with Gasteiger partial charge in [0.05, 0.1) is 12.7 Å². The van der Waals surface area contributed by atoms with Gasteiger partial charge in [-0.25, -0.2) is 4.79 Å². The minimum atomic E-state index is -0.475. The van der Waals surface area contributed by atoms with Gasteiger partial charge in [-0.2, -0.15) is 0 Å². The number of esters is 1. The van der Waals surface area contributed by atoms with E-state index in [9.17, 15) is 9.59 Å². The monoisotopic (exact) mass is 334 g/mol. The molecule has 1 atom stereocenters. The van der Waals surface area contributed by atoms with E-state index < -0.39 is 12.0 Å². The van der Waals surface area contributed by atoms with Gasteiger partial charge >= 0.3 is 5.97 Å². The summed E-state index contributed by atoms with van der Waals surface area (Å²) in [6, 6.07) is 19.5. The number of benzene rings is 2. The van der Waals surface area contributed by atoms with Gasteiger partial charge in [0.1, 0.15) is 6.04 Å².